The molecule has 2 saturated heterocycles. The van der Waals surface area contributed by atoms with E-state index in [1.165, 1.54) is 17.0 Å². The second kappa shape index (κ2) is 10.4. The summed E-state index contributed by atoms with van der Waals surface area (Å²) < 4.78 is 13.2. The van der Waals surface area contributed by atoms with Crippen LogP contribution in [0.1, 0.15) is 25.3 Å². The minimum absolute atomic E-state index is 0.0200. The summed E-state index contributed by atoms with van der Waals surface area (Å²) in [4.78, 5) is 32.1. The van der Waals surface area contributed by atoms with Gasteiger partial charge in [0.1, 0.15) is 5.82 Å². The maximum Gasteiger partial charge on any atom is 0.407 e. The van der Waals surface area contributed by atoms with E-state index in [0.29, 0.717) is 19.6 Å². The highest BCUT2D eigenvalue weighted by atomic mass is 19.1. The van der Waals surface area contributed by atoms with E-state index in [0.717, 1.165) is 49.4 Å². The van der Waals surface area contributed by atoms with E-state index in [1.54, 1.807) is 17.0 Å². The fraction of sp³-hybridized carbons (Fsp3) is 0.462. The molecule has 34 heavy (non-hydrogen) atoms. The van der Waals surface area contributed by atoms with Crippen LogP contribution in [0.4, 0.5) is 20.6 Å². The molecule has 2 aliphatic rings. The molecule has 0 unspecified atom stereocenters. The molecule has 0 aromatic heterocycles. The summed E-state index contributed by atoms with van der Waals surface area (Å²) in [5.74, 6) is -0.129. The topological polar surface area (TPSA) is 67.3 Å². The maximum absolute atomic E-state index is 13.2. The quantitative estimate of drug-likeness (QED) is 0.721. The van der Waals surface area contributed by atoms with Crippen LogP contribution in [0.2, 0.25) is 0 Å². The molecule has 4 rings (SSSR count). The fourth-order valence-corrected chi connectivity index (χ4v) is 4.98. The first-order chi connectivity index (χ1) is 16.3. The number of rotatable bonds is 5. The average Bonchev–Trinajstić information content (AvgIpc) is 2.84. The van der Waals surface area contributed by atoms with Gasteiger partial charge < -0.3 is 19.8 Å². The summed E-state index contributed by atoms with van der Waals surface area (Å²) in [6.45, 7) is 6.21. The van der Waals surface area contributed by atoms with Crippen molar-refractivity contribution in [1.29, 1.82) is 0 Å². The zero-order valence-electron chi connectivity index (χ0n) is 19.9. The summed E-state index contributed by atoms with van der Waals surface area (Å²) >= 11 is 0. The number of carboxylic acid groups (broad SMARTS) is 1. The zero-order chi connectivity index (χ0) is 24.2. The number of carbonyl (C=O) groups is 2. The molecule has 8 heteroatoms. The first-order valence-electron chi connectivity index (χ1n) is 11.9. The molecule has 2 aliphatic heterocycles. The van der Waals surface area contributed by atoms with Gasteiger partial charge in [0.25, 0.3) is 0 Å². The van der Waals surface area contributed by atoms with Gasteiger partial charge in [0.05, 0.1) is 0 Å². The van der Waals surface area contributed by atoms with Crippen LogP contribution in [0.25, 0.3) is 0 Å². The van der Waals surface area contributed by atoms with Gasteiger partial charge in [0.2, 0.25) is 5.91 Å². The number of piperidine rings is 1. The molecule has 2 amide bonds. The zero-order valence-corrected chi connectivity index (χ0v) is 19.9. The van der Waals surface area contributed by atoms with Gasteiger partial charge in [0, 0.05) is 69.7 Å². The molecule has 0 bridgehead atoms. The summed E-state index contributed by atoms with van der Waals surface area (Å²) in [5.41, 5.74) is 3.02. The van der Waals surface area contributed by atoms with E-state index in [1.807, 2.05) is 38.2 Å². The van der Waals surface area contributed by atoms with Crippen molar-refractivity contribution in [2.24, 2.45) is 5.92 Å². The smallest absolute Gasteiger partial charge is 0.407 e. The molecule has 2 heterocycles. The number of hydrogen-bond acceptors (Lipinski definition) is 4. The predicted molar refractivity (Wildman–Crippen MR) is 131 cm³/mol. The van der Waals surface area contributed by atoms with Crippen molar-refractivity contribution >= 4 is 23.4 Å². The van der Waals surface area contributed by atoms with E-state index in [-0.39, 0.29) is 23.7 Å². The molecular weight excluding hydrogens is 435 g/mol. The molecule has 0 spiro atoms. The molecule has 1 N–H and O–H groups in total. The lowest BCUT2D eigenvalue weighted by Crippen LogP contribution is -2.53. The molecule has 2 fully saturated rings. The van der Waals surface area contributed by atoms with Gasteiger partial charge in [-0.3, -0.25) is 9.69 Å². The van der Waals surface area contributed by atoms with Gasteiger partial charge in [-0.1, -0.05) is 12.1 Å². The summed E-state index contributed by atoms with van der Waals surface area (Å²) in [6, 6.07) is 14.6. The predicted octanol–water partition coefficient (Wildman–Crippen LogP) is 3.89. The Bertz CT molecular complexity index is 990. The van der Waals surface area contributed by atoms with Crippen molar-refractivity contribution in [3.05, 3.63) is 59.9 Å². The molecule has 1 atom stereocenters. The highest BCUT2D eigenvalue weighted by Crippen LogP contribution is 2.26. The first-order valence-corrected chi connectivity index (χ1v) is 11.9. The Morgan fingerprint density at radius 1 is 1.00 bits per heavy atom. The largest absolute Gasteiger partial charge is 0.465 e. The van der Waals surface area contributed by atoms with Gasteiger partial charge in [0.15, 0.2) is 0 Å². The lowest BCUT2D eigenvalue weighted by molar-refractivity contribution is -0.122. The van der Waals surface area contributed by atoms with Crippen LogP contribution in [-0.4, -0.2) is 72.7 Å². The number of benzene rings is 2. The van der Waals surface area contributed by atoms with Crippen LogP contribution in [-0.2, 0) is 11.3 Å². The Morgan fingerprint density at radius 2 is 1.65 bits per heavy atom. The van der Waals surface area contributed by atoms with Gasteiger partial charge in [-0.25, -0.2) is 9.18 Å². The normalized spacial score (nSPS) is 19.8. The standard InChI is InChI=1S/C26H33FN4O3/c1-19-17-29(15-16-31(19)26(33)34)18-20-3-7-23(8-4-20)28(2)25(32)21-11-13-30(14-12-21)24-9-5-22(27)6-10-24/h3-10,19,21H,11-18H2,1-2H3,(H,33,34)/t19-/m0/s1. The van der Waals surface area contributed by atoms with Gasteiger partial charge in [-0.2, -0.15) is 0 Å². The van der Waals surface area contributed by atoms with Crippen molar-refractivity contribution in [2.45, 2.75) is 32.4 Å². The first kappa shape index (κ1) is 24.0. The number of nitrogens with zero attached hydrogens (tertiary/aromatic N) is 4. The number of amides is 2. The Morgan fingerprint density at radius 3 is 2.24 bits per heavy atom. The fourth-order valence-electron chi connectivity index (χ4n) is 4.98. The minimum Gasteiger partial charge on any atom is -0.465 e. The third-order valence-corrected chi connectivity index (χ3v) is 7.05. The van der Waals surface area contributed by atoms with Crippen LogP contribution >= 0.6 is 0 Å². The maximum atomic E-state index is 13.2. The van der Waals surface area contributed by atoms with Crippen LogP contribution in [0.5, 0.6) is 0 Å². The van der Waals surface area contributed by atoms with Crippen LogP contribution < -0.4 is 9.80 Å². The second-order valence-corrected chi connectivity index (χ2v) is 9.36. The second-order valence-electron chi connectivity index (χ2n) is 9.36. The molecule has 0 saturated carbocycles. The molecule has 2 aromatic carbocycles. The summed E-state index contributed by atoms with van der Waals surface area (Å²) in [5, 5.41) is 9.24. The number of halogens is 1. The van der Waals surface area contributed by atoms with Crippen LogP contribution in [0.15, 0.2) is 48.5 Å². The Balaban J connectivity index is 1.28. The number of hydrogen-bond donors (Lipinski definition) is 1. The van der Waals surface area contributed by atoms with E-state index in [4.69, 9.17) is 0 Å². The molecule has 182 valence electrons. The Kier molecular flexibility index (Phi) is 7.36. The molecule has 7 nitrogen and oxygen atoms in total. The summed E-state index contributed by atoms with van der Waals surface area (Å²) in [6.07, 6.45) is 0.698. The molecule has 0 radical (unpaired) electrons. The lowest BCUT2D eigenvalue weighted by atomic mass is 9.94. The number of carbonyl (C=O) groups excluding carboxylic acids is 1. The monoisotopic (exact) mass is 468 g/mol. The average molecular weight is 469 g/mol. The summed E-state index contributed by atoms with van der Waals surface area (Å²) in [7, 11) is 1.83. The van der Waals surface area contributed by atoms with E-state index in [9.17, 15) is 19.1 Å². The van der Waals surface area contributed by atoms with Gasteiger partial charge in [-0.05, 0) is 61.7 Å². The van der Waals surface area contributed by atoms with Crippen molar-refractivity contribution in [3.63, 3.8) is 0 Å². The van der Waals surface area contributed by atoms with E-state index in [2.05, 4.69) is 9.80 Å². The molecular formula is C26H33FN4O3. The molecule has 0 aliphatic carbocycles. The van der Waals surface area contributed by atoms with Crippen molar-refractivity contribution in [3.8, 4) is 0 Å². The number of piperazine rings is 1. The Hall–Kier alpha value is -3.13. The van der Waals surface area contributed by atoms with Gasteiger partial charge >= 0.3 is 6.09 Å². The highest BCUT2D eigenvalue weighted by molar-refractivity contribution is 5.94. The van der Waals surface area contributed by atoms with Crippen LogP contribution in [0.3, 0.4) is 0 Å². The van der Waals surface area contributed by atoms with Crippen molar-refractivity contribution < 1.29 is 19.1 Å². The lowest BCUT2D eigenvalue weighted by Gasteiger charge is -2.38. The highest BCUT2D eigenvalue weighted by Gasteiger charge is 2.29. The third kappa shape index (κ3) is 5.50. The number of anilines is 2. The SMILES string of the molecule is C[C@H]1CN(Cc2ccc(N(C)C(=O)C3CCN(c4ccc(F)cc4)CC3)cc2)CCN1C(=O)O. The Labute approximate surface area is 200 Å². The van der Waals surface area contributed by atoms with Crippen LogP contribution in [0, 0.1) is 11.7 Å². The van der Waals surface area contributed by atoms with Gasteiger partial charge in [-0.15, -0.1) is 0 Å². The van der Waals surface area contributed by atoms with Crippen molar-refractivity contribution in [2.75, 3.05) is 49.6 Å². The molecule has 2 aromatic rings. The van der Waals surface area contributed by atoms with E-state index >= 15 is 0 Å². The van der Waals surface area contributed by atoms with E-state index < -0.39 is 6.09 Å². The van der Waals surface area contributed by atoms with Crippen molar-refractivity contribution in [1.82, 2.24) is 9.80 Å². The third-order valence-electron chi connectivity index (χ3n) is 7.05. The minimum atomic E-state index is -0.856.